The van der Waals surface area contributed by atoms with Crippen molar-refractivity contribution in [3.63, 3.8) is 0 Å². The number of halogens is 2. The number of carbonyl (C=O) groups is 2. The molecule has 0 spiro atoms. The first kappa shape index (κ1) is 23.1. The van der Waals surface area contributed by atoms with Gasteiger partial charge in [-0.15, -0.1) is 0 Å². The average Bonchev–Trinajstić information content (AvgIpc) is 3.11. The van der Waals surface area contributed by atoms with Crippen molar-refractivity contribution in [1.82, 2.24) is 0 Å². The molecule has 0 saturated carbocycles. The Morgan fingerprint density at radius 2 is 1.86 bits per heavy atom. The number of nitrogens with zero attached hydrogens (tertiary/aromatic N) is 2. The number of phenols is 1. The summed E-state index contributed by atoms with van der Waals surface area (Å²) in [6.07, 6.45) is 0. The zero-order chi connectivity index (χ0) is 24.9. The summed E-state index contributed by atoms with van der Waals surface area (Å²) in [6, 6.07) is 15.0. The summed E-state index contributed by atoms with van der Waals surface area (Å²) in [5, 5.41) is 21.7. The van der Waals surface area contributed by atoms with Gasteiger partial charge >= 0.3 is 0 Å². The standard InChI is InChI=1S/C26H20Cl2N2O5/c1-29-9-10-35-21-8-6-15(12-19(21)29)24(32)22-23(14-5-7-20(31)18(28)11-14)30(26(34)25(22)33)17-4-2-3-16(27)13-17/h2-8,11-13,23,31-32H,9-10H2,1H3/b24-22-. The van der Waals surface area contributed by atoms with Crippen LogP contribution in [0.25, 0.3) is 5.76 Å². The predicted octanol–water partition coefficient (Wildman–Crippen LogP) is 5.15. The van der Waals surface area contributed by atoms with Gasteiger partial charge in [-0.05, 0) is 54.1 Å². The van der Waals surface area contributed by atoms with E-state index in [9.17, 15) is 19.8 Å². The van der Waals surface area contributed by atoms with Crippen molar-refractivity contribution in [2.75, 3.05) is 30.0 Å². The maximum Gasteiger partial charge on any atom is 0.300 e. The molecule has 0 bridgehead atoms. The summed E-state index contributed by atoms with van der Waals surface area (Å²) in [5.41, 5.74) is 1.84. The van der Waals surface area contributed by atoms with Gasteiger partial charge in [0.15, 0.2) is 0 Å². The Kier molecular flexibility index (Phi) is 5.83. The number of amides is 1. The normalized spacial score (nSPS) is 19.0. The quantitative estimate of drug-likeness (QED) is 0.287. The summed E-state index contributed by atoms with van der Waals surface area (Å²) in [5.74, 6) is -1.48. The number of aliphatic hydroxyl groups is 1. The van der Waals surface area contributed by atoms with Crippen LogP contribution >= 0.6 is 23.2 Å². The smallest absolute Gasteiger partial charge is 0.300 e. The highest BCUT2D eigenvalue weighted by Gasteiger charge is 2.47. The molecule has 2 heterocycles. The second-order valence-electron chi connectivity index (χ2n) is 8.31. The van der Waals surface area contributed by atoms with Crippen LogP contribution in [0.3, 0.4) is 0 Å². The topological polar surface area (TPSA) is 90.3 Å². The Morgan fingerprint density at radius 3 is 2.60 bits per heavy atom. The van der Waals surface area contributed by atoms with Crippen LogP contribution in [-0.4, -0.2) is 42.1 Å². The fraction of sp³-hybridized carbons (Fsp3) is 0.154. The number of ether oxygens (including phenoxy) is 1. The molecule has 35 heavy (non-hydrogen) atoms. The fourth-order valence-corrected chi connectivity index (χ4v) is 4.76. The van der Waals surface area contributed by atoms with Crippen molar-refractivity contribution >= 4 is 52.0 Å². The lowest BCUT2D eigenvalue weighted by atomic mass is 9.94. The molecule has 3 aromatic carbocycles. The van der Waals surface area contributed by atoms with Crippen LogP contribution < -0.4 is 14.5 Å². The van der Waals surface area contributed by atoms with Crippen molar-refractivity contribution in [1.29, 1.82) is 0 Å². The number of rotatable bonds is 3. The van der Waals surface area contributed by atoms with E-state index in [4.69, 9.17) is 27.9 Å². The van der Waals surface area contributed by atoms with Gasteiger partial charge < -0.3 is 19.8 Å². The maximum atomic E-state index is 13.3. The van der Waals surface area contributed by atoms with Crippen LogP contribution in [0.1, 0.15) is 17.2 Å². The summed E-state index contributed by atoms with van der Waals surface area (Å²) < 4.78 is 5.67. The molecule has 0 radical (unpaired) electrons. The van der Waals surface area contributed by atoms with E-state index in [1.807, 2.05) is 11.9 Å². The number of hydrogen-bond acceptors (Lipinski definition) is 6. The molecule has 1 atom stereocenters. The van der Waals surface area contributed by atoms with Gasteiger partial charge in [-0.2, -0.15) is 0 Å². The molecule has 1 fully saturated rings. The Bertz CT molecular complexity index is 1400. The summed E-state index contributed by atoms with van der Waals surface area (Å²) in [7, 11) is 1.90. The van der Waals surface area contributed by atoms with Gasteiger partial charge in [-0.25, -0.2) is 0 Å². The number of Topliss-reactive ketones (excluding diaryl/α,β-unsaturated/α-hetero) is 1. The summed E-state index contributed by atoms with van der Waals surface area (Å²) in [6.45, 7) is 1.21. The first-order chi connectivity index (χ1) is 16.8. The fourth-order valence-electron chi connectivity index (χ4n) is 4.39. The molecular weight excluding hydrogens is 491 g/mol. The Labute approximate surface area is 211 Å². The van der Waals surface area contributed by atoms with Crippen LogP contribution in [0, 0.1) is 0 Å². The highest BCUT2D eigenvalue weighted by Crippen LogP contribution is 2.44. The number of carbonyl (C=O) groups excluding carboxylic acids is 2. The maximum absolute atomic E-state index is 13.3. The lowest BCUT2D eigenvalue weighted by molar-refractivity contribution is -0.132. The van der Waals surface area contributed by atoms with E-state index in [1.165, 1.54) is 17.0 Å². The second kappa shape index (κ2) is 8.83. The molecule has 0 aliphatic carbocycles. The molecule has 178 valence electrons. The van der Waals surface area contributed by atoms with Gasteiger partial charge in [0.25, 0.3) is 11.7 Å². The highest BCUT2D eigenvalue weighted by atomic mass is 35.5. The monoisotopic (exact) mass is 510 g/mol. The van der Waals surface area contributed by atoms with E-state index in [0.29, 0.717) is 40.7 Å². The number of phenolic OH excluding ortho intramolecular Hbond substituents is 1. The third-order valence-corrected chi connectivity index (χ3v) is 6.68. The number of likely N-dealkylation sites (N-methyl/N-ethyl adjacent to an activating group) is 1. The molecular formula is C26H20Cl2N2O5. The number of fused-ring (bicyclic) bond motifs is 1. The SMILES string of the molecule is CN1CCOc2ccc(/C(O)=C3/C(=O)C(=O)N(c4cccc(Cl)c4)C3c3ccc(O)c(Cl)c3)cc21. The molecule has 2 aliphatic rings. The summed E-state index contributed by atoms with van der Waals surface area (Å²) in [4.78, 5) is 29.8. The Hall–Kier alpha value is -3.68. The number of benzene rings is 3. The van der Waals surface area contributed by atoms with Crippen molar-refractivity contribution in [3.8, 4) is 11.5 Å². The molecule has 0 aromatic heterocycles. The Balaban J connectivity index is 1.72. The number of hydrogen-bond donors (Lipinski definition) is 2. The zero-order valence-electron chi connectivity index (χ0n) is 18.5. The van der Waals surface area contributed by atoms with Crippen LogP contribution in [0.4, 0.5) is 11.4 Å². The molecule has 2 N–H and O–H groups in total. The van der Waals surface area contributed by atoms with Crippen LogP contribution in [0.15, 0.2) is 66.2 Å². The zero-order valence-corrected chi connectivity index (χ0v) is 20.0. The molecule has 2 aliphatic heterocycles. The average molecular weight is 511 g/mol. The first-order valence-electron chi connectivity index (χ1n) is 10.8. The molecule has 3 aromatic rings. The lowest BCUT2D eigenvalue weighted by Gasteiger charge is -2.28. The van der Waals surface area contributed by atoms with Gasteiger partial charge in [-0.1, -0.05) is 35.3 Å². The van der Waals surface area contributed by atoms with E-state index >= 15 is 0 Å². The molecule has 7 nitrogen and oxygen atoms in total. The molecule has 5 rings (SSSR count). The van der Waals surface area contributed by atoms with Crippen molar-refractivity contribution in [2.45, 2.75) is 6.04 Å². The van der Waals surface area contributed by atoms with Gasteiger partial charge in [0, 0.05) is 23.3 Å². The number of aliphatic hydroxyl groups excluding tert-OH is 1. The van der Waals surface area contributed by atoms with Crippen LogP contribution in [-0.2, 0) is 9.59 Å². The number of aromatic hydroxyl groups is 1. The van der Waals surface area contributed by atoms with E-state index in [1.54, 1.807) is 48.5 Å². The predicted molar refractivity (Wildman–Crippen MR) is 135 cm³/mol. The van der Waals surface area contributed by atoms with Gasteiger partial charge in [0.05, 0.1) is 28.9 Å². The van der Waals surface area contributed by atoms with E-state index in [2.05, 4.69) is 0 Å². The van der Waals surface area contributed by atoms with Crippen molar-refractivity contribution in [2.24, 2.45) is 0 Å². The van der Waals surface area contributed by atoms with Crippen LogP contribution in [0.2, 0.25) is 10.0 Å². The minimum Gasteiger partial charge on any atom is -0.507 e. The van der Waals surface area contributed by atoms with E-state index < -0.39 is 17.7 Å². The first-order valence-corrected chi connectivity index (χ1v) is 11.5. The molecule has 9 heteroatoms. The van der Waals surface area contributed by atoms with Crippen LogP contribution in [0.5, 0.6) is 11.5 Å². The number of anilines is 2. The van der Waals surface area contributed by atoms with Gasteiger partial charge in [0.1, 0.15) is 23.9 Å². The van der Waals surface area contributed by atoms with Gasteiger partial charge in [0.2, 0.25) is 0 Å². The number of ketones is 1. The third-order valence-electron chi connectivity index (χ3n) is 6.15. The molecule has 1 amide bonds. The third kappa shape index (κ3) is 3.96. The van der Waals surface area contributed by atoms with Gasteiger partial charge in [-0.3, -0.25) is 14.5 Å². The van der Waals surface area contributed by atoms with Crippen molar-refractivity contribution in [3.05, 3.63) is 87.4 Å². The van der Waals surface area contributed by atoms with Crippen molar-refractivity contribution < 1.29 is 24.5 Å². The molecule has 1 saturated heterocycles. The van der Waals surface area contributed by atoms with E-state index in [-0.39, 0.29) is 22.1 Å². The minimum atomic E-state index is -1.00. The van der Waals surface area contributed by atoms with E-state index in [0.717, 1.165) is 5.69 Å². The second-order valence-corrected chi connectivity index (χ2v) is 9.16. The summed E-state index contributed by atoms with van der Waals surface area (Å²) >= 11 is 12.3. The largest absolute Gasteiger partial charge is 0.507 e. The Morgan fingerprint density at radius 1 is 1.06 bits per heavy atom. The highest BCUT2D eigenvalue weighted by molar-refractivity contribution is 6.52. The molecule has 1 unspecified atom stereocenters. The lowest BCUT2D eigenvalue weighted by Crippen LogP contribution is -2.29. The minimum absolute atomic E-state index is 0.0479.